The molecule has 0 saturated carbocycles. The van der Waals surface area contributed by atoms with Gasteiger partial charge in [0.1, 0.15) is 12.1 Å². The number of nitrogens with two attached hydrogens (primary N) is 1. The maximum atomic E-state index is 5.41. The Morgan fingerprint density at radius 2 is 2.38 bits per heavy atom. The lowest BCUT2D eigenvalue weighted by Gasteiger charge is -2.07. The van der Waals surface area contributed by atoms with Crippen LogP contribution in [0.3, 0.4) is 0 Å². The average molecular weight is 196 g/mol. The molecule has 0 spiro atoms. The van der Waals surface area contributed by atoms with Gasteiger partial charge < -0.3 is 11.1 Å². The van der Waals surface area contributed by atoms with E-state index in [4.69, 9.17) is 5.73 Å². The molecule has 1 aliphatic heterocycles. The van der Waals surface area contributed by atoms with Crippen LogP contribution >= 0.6 is 11.8 Å². The predicted octanol–water partition coefficient (Wildman–Crippen LogP) is 0.594. The molecule has 0 unspecified atom stereocenters. The summed E-state index contributed by atoms with van der Waals surface area (Å²) in [5.74, 6) is 2.98. The summed E-state index contributed by atoms with van der Waals surface area (Å²) in [6.07, 6.45) is 1.61. The number of fused-ring (bicyclic) bond motifs is 1. The zero-order chi connectivity index (χ0) is 9.10. The summed E-state index contributed by atoms with van der Waals surface area (Å²) in [7, 11) is 0. The van der Waals surface area contributed by atoms with Crippen LogP contribution in [0.1, 0.15) is 11.3 Å². The van der Waals surface area contributed by atoms with Crippen molar-refractivity contribution in [2.45, 2.75) is 11.5 Å². The number of aromatic nitrogens is 2. The standard InChI is InChI=1S/C8H12N4S/c9-1-2-10-8-6-3-13-4-7(6)11-5-12-8/h5H,1-4,9H2,(H,10,11,12). The summed E-state index contributed by atoms with van der Waals surface area (Å²) >= 11 is 1.88. The van der Waals surface area contributed by atoms with Gasteiger partial charge in [0.15, 0.2) is 0 Å². The maximum absolute atomic E-state index is 5.41. The highest BCUT2D eigenvalue weighted by molar-refractivity contribution is 7.98. The first-order valence-electron chi connectivity index (χ1n) is 4.26. The number of nitrogens with zero attached hydrogens (tertiary/aromatic N) is 2. The summed E-state index contributed by atoms with van der Waals surface area (Å²) in [6, 6.07) is 0. The second-order valence-electron chi connectivity index (χ2n) is 2.86. The summed E-state index contributed by atoms with van der Waals surface area (Å²) in [5.41, 5.74) is 7.83. The number of nitrogens with one attached hydrogen (secondary N) is 1. The Balaban J connectivity index is 2.20. The lowest BCUT2D eigenvalue weighted by molar-refractivity contribution is 0.985. The minimum atomic E-state index is 0.631. The average Bonchev–Trinajstić information content (AvgIpc) is 2.62. The van der Waals surface area contributed by atoms with Crippen molar-refractivity contribution < 1.29 is 0 Å². The molecule has 1 aromatic rings. The molecule has 2 heterocycles. The van der Waals surface area contributed by atoms with Crippen molar-refractivity contribution in [3.63, 3.8) is 0 Å². The van der Waals surface area contributed by atoms with Gasteiger partial charge >= 0.3 is 0 Å². The second-order valence-corrected chi connectivity index (χ2v) is 3.84. The maximum Gasteiger partial charge on any atom is 0.133 e. The van der Waals surface area contributed by atoms with Crippen molar-refractivity contribution >= 4 is 17.6 Å². The molecule has 4 nitrogen and oxygen atoms in total. The van der Waals surface area contributed by atoms with E-state index in [1.807, 2.05) is 11.8 Å². The molecule has 0 atom stereocenters. The van der Waals surface area contributed by atoms with Crippen LogP contribution in [0.5, 0.6) is 0 Å². The van der Waals surface area contributed by atoms with E-state index in [2.05, 4.69) is 15.3 Å². The molecule has 13 heavy (non-hydrogen) atoms. The third kappa shape index (κ3) is 1.76. The summed E-state index contributed by atoms with van der Waals surface area (Å²) in [4.78, 5) is 8.42. The molecular formula is C8H12N4S. The first-order chi connectivity index (χ1) is 6.42. The van der Waals surface area contributed by atoms with Gasteiger partial charge in [-0.15, -0.1) is 0 Å². The lowest BCUT2D eigenvalue weighted by Crippen LogP contribution is -2.15. The van der Waals surface area contributed by atoms with E-state index in [1.54, 1.807) is 6.33 Å². The molecule has 70 valence electrons. The molecule has 0 aromatic carbocycles. The minimum absolute atomic E-state index is 0.631. The van der Waals surface area contributed by atoms with Crippen molar-refractivity contribution in [1.29, 1.82) is 0 Å². The third-order valence-corrected chi connectivity index (χ3v) is 2.93. The van der Waals surface area contributed by atoms with Gasteiger partial charge in [0.25, 0.3) is 0 Å². The highest BCUT2D eigenvalue weighted by atomic mass is 32.2. The van der Waals surface area contributed by atoms with Gasteiger partial charge in [-0.2, -0.15) is 11.8 Å². The smallest absolute Gasteiger partial charge is 0.133 e. The zero-order valence-electron chi connectivity index (χ0n) is 7.29. The van der Waals surface area contributed by atoms with Crippen molar-refractivity contribution in [3.8, 4) is 0 Å². The monoisotopic (exact) mass is 196 g/mol. The molecule has 2 rings (SSSR count). The fourth-order valence-electron chi connectivity index (χ4n) is 1.32. The molecule has 0 bridgehead atoms. The molecule has 0 amide bonds. The van der Waals surface area contributed by atoms with E-state index in [0.29, 0.717) is 6.54 Å². The number of anilines is 1. The third-order valence-electron chi connectivity index (χ3n) is 1.96. The number of hydrogen-bond donors (Lipinski definition) is 2. The van der Waals surface area contributed by atoms with Crippen molar-refractivity contribution in [3.05, 3.63) is 17.6 Å². The number of hydrogen-bond acceptors (Lipinski definition) is 5. The van der Waals surface area contributed by atoms with Crippen LogP contribution in [0.15, 0.2) is 6.33 Å². The van der Waals surface area contributed by atoms with Crippen LogP contribution in [0.2, 0.25) is 0 Å². The Hall–Kier alpha value is -0.810. The summed E-state index contributed by atoms with van der Waals surface area (Å²) in [6.45, 7) is 1.40. The van der Waals surface area contributed by atoms with Crippen LogP contribution in [-0.2, 0) is 11.5 Å². The Bertz CT molecular complexity index is 302. The summed E-state index contributed by atoms with van der Waals surface area (Å²) in [5, 5.41) is 3.21. The Morgan fingerprint density at radius 3 is 3.23 bits per heavy atom. The SMILES string of the molecule is NCCNc1ncnc2c1CSC2. The van der Waals surface area contributed by atoms with E-state index in [1.165, 1.54) is 11.3 Å². The van der Waals surface area contributed by atoms with Crippen LogP contribution in [-0.4, -0.2) is 23.1 Å². The zero-order valence-corrected chi connectivity index (χ0v) is 8.10. The number of thioether (sulfide) groups is 1. The molecule has 0 radical (unpaired) electrons. The molecule has 0 fully saturated rings. The topological polar surface area (TPSA) is 63.8 Å². The van der Waals surface area contributed by atoms with E-state index in [9.17, 15) is 0 Å². The van der Waals surface area contributed by atoms with Crippen LogP contribution in [0.25, 0.3) is 0 Å². The van der Waals surface area contributed by atoms with Gasteiger partial charge in [0.05, 0.1) is 5.69 Å². The minimum Gasteiger partial charge on any atom is -0.368 e. The van der Waals surface area contributed by atoms with Crippen LogP contribution < -0.4 is 11.1 Å². The van der Waals surface area contributed by atoms with Gasteiger partial charge in [-0.3, -0.25) is 0 Å². The van der Waals surface area contributed by atoms with Crippen molar-refractivity contribution in [1.82, 2.24) is 9.97 Å². The van der Waals surface area contributed by atoms with Crippen molar-refractivity contribution in [2.75, 3.05) is 18.4 Å². The number of rotatable bonds is 3. The second kappa shape index (κ2) is 3.93. The molecule has 1 aliphatic rings. The van der Waals surface area contributed by atoms with Gasteiger partial charge in [0.2, 0.25) is 0 Å². The Morgan fingerprint density at radius 1 is 1.46 bits per heavy atom. The normalized spacial score (nSPS) is 14.2. The quantitative estimate of drug-likeness (QED) is 0.741. The van der Waals surface area contributed by atoms with Crippen LogP contribution in [0, 0.1) is 0 Å². The van der Waals surface area contributed by atoms with Crippen LogP contribution in [0.4, 0.5) is 5.82 Å². The van der Waals surface area contributed by atoms with E-state index in [-0.39, 0.29) is 0 Å². The molecule has 1 aromatic heterocycles. The first kappa shape index (κ1) is 8.77. The highest BCUT2D eigenvalue weighted by Crippen LogP contribution is 2.31. The first-order valence-corrected chi connectivity index (χ1v) is 5.41. The largest absolute Gasteiger partial charge is 0.368 e. The predicted molar refractivity (Wildman–Crippen MR) is 54.6 cm³/mol. The fraction of sp³-hybridized carbons (Fsp3) is 0.500. The van der Waals surface area contributed by atoms with Gasteiger partial charge in [-0.05, 0) is 0 Å². The molecular weight excluding hydrogens is 184 g/mol. The molecule has 0 aliphatic carbocycles. The highest BCUT2D eigenvalue weighted by Gasteiger charge is 2.16. The van der Waals surface area contributed by atoms with E-state index >= 15 is 0 Å². The molecule has 0 saturated heterocycles. The Kier molecular flexibility index (Phi) is 2.65. The van der Waals surface area contributed by atoms with Crippen molar-refractivity contribution in [2.24, 2.45) is 5.73 Å². The lowest BCUT2D eigenvalue weighted by atomic mass is 10.2. The molecule has 3 N–H and O–H groups in total. The molecule has 5 heteroatoms. The van der Waals surface area contributed by atoms with Gasteiger partial charge in [0, 0.05) is 30.2 Å². The van der Waals surface area contributed by atoms with E-state index in [0.717, 1.165) is 23.9 Å². The van der Waals surface area contributed by atoms with Gasteiger partial charge in [-0.25, -0.2) is 9.97 Å². The van der Waals surface area contributed by atoms with Gasteiger partial charge in [-0.1, -0.05) is 0 Å². The van der Waals surface area contributed by atoms with E-state index < -0.39 is 0 Å². The fourth-order valence-corrected chi connectivity index (χ4v) is 2.37. The Labute approximate surface area is 81.3 Å². The summed E-state index contributed by atoms with van der Waals surface area (Å²) < 4.78 is 0.